The van der Waals surface area contributed by atoms with Crippen LogP contribution in [0.5, 0.6) is 0 Å². The molecule has 2 rings (SSSR count). The number of nitriles is 1. The summed E-state index contributed by atoms with van der Waals surface area (Å²) in [5, 5.41) is 22.8. The molecule has 102 valence electrons. The van der Waals surface area contributed by atoms with Gasteiger partial charge in [-0.25, -0.2) is 0 Å². The molecule has 0 bridgehead atoms. The number of pyridine rings is 1. The van der Waals surface area contributed by atoms with Gasteiger partial charge >= 0.3 is 0 Å². The maximum absolute atomic E-state index is 10.4. The molecule has 1 fully saturated rings. The Bertz CT molecular complexity index is 502. The van der Waals surface area contributed by atoms with E-state index in [2.05, 4.69) is 16.4 Å². The summed E-state index contributed by atoms with van der Waals surface area (Å²) in [6.45, 7) is 5.30. The zero-order valence-electron chi connectivity index (χ0n) is 11.4. The zero-order chi connectivity index (χ0) is 13.9. The maximum atomic E-state index is 10.4. The fraction of sp³-hybridized carbons (Fsp3) is 0.571. The van der Waals surface area contributed by atoms with Crippen LogP contribution in [0.15, 0.2) is 6.07 Å². The van der Waals surface area contributed by atoms with Crippen LogP contribution in [0.4, 0.5) is 5.69 Å². The van der Waals surface area contributed by atoms with Gasteiger partial charge in [0.15, 0.2) is 0 Å². The molecule has 1 saturated heterocycles. The molecule has 0 spiro atoms. The molecule has 5 nitrogen and oxygen atoms in total. The first-order valence-electron chi connectivity index (χ1n) is 6.46. The molecular weight excluding hydrogens is 242 g/mol. The Kier molecular flexibility index (Phi) is 4.03. The largest absolute Gasteiger partial charge is 0.388 e. The third-order valence-corrected chi connectivity index (χ3v) is 3.47. The average Bonchev–Trinajstić information content (AvgIpc) is 2.37. The van der Waals surface area contributed by atoms with Crippen LogP contribution in [0.3, 0.4) is 0 Å². The molecule has 1 aromatic heterocycles. The Hall–Kier alpha value is -1.64. The highest BCUT2D eigenvalue weighted by molar-refractivity contribution is 5.60. The predicted octanol–water partition coefficient (Wildman–Crippen LogP) is 1.52. The third kappa shape index (κ3) is 3.22. The van der Waals surface area contributed by atoms with Crippen LogP contribution in [0, 0.1) is 25.2 Å². The summed E-state index contributed by atoms with van der Waals surface area (Å²) >= 11 is 0. The van der Waals surface area contributed by atoms with Crippen LogP contribution in [-0.2, 0) is 4.74 Å². The van der Waals surface area contributed by atoms with Crippen molar-refractivity contribution in [2.45, 2.75) is 32.3 Å². The quantitative estimate of drug-likeness (QED) is 0.862. The van der Waals surface area contributed by atoms with E-state index in [1.165, 1.54) is 0 Å². The van der Waals surface area contributed by atoms with Gasteiger partial charge in [-0.3, -0.25) is 4.98 Å². The molecule has 0 aliphatic carbocycles. The summed E-state index contributed by atoms with van der Waals surface area (Å²) in [7, 11) is 0. The second-order valence-electron chi connectivity index (χ2n) is 5.07. The van der Waals surface area contributed by atoms with E-state index in [0.29, 0.717) is 43.9 Å². The highest BCUT2D eigenvalue weighted by Crippen LogP contribution is 2.23. The molecule has 0 radical (unpaired) electrons. The molecule has 2 heterocycles. The van der Waals surface area contributed by atoms with Crippen molar-refractivity contribution in [3.63, 3.8) is 0 Å². The zero-order valence-corrected chi connectivity index (χ0v) is 11.4. The number of hydrogen-bond acceptors (Lipinski definition) is 5. The van der Waals surface area contributed by atoms with Crippen molar-refractivity contribution >= 4 is 5.69 Å². The first kappa shape index (κ1) is 13.8. The smallest absolute Gasteiger partial charge is 0.103 e. The van der Waals surface area contributed by atoms with Crippen molar-refractivity contribution in [1.29, 1.82) is 5.26 Å². The summed E-state index contributed by atoms with van der Waals surface area (Å²) in [5.74, 6) is 0. The number of anilines is 1. The van der Waals surface area contributed by atoms with Gasteiger partial charge in [0.05, 0.1) is 22.5 Å². The lowest BCUT2D eigenvalue weighted by Crippen LogP contribution is -2.42. The number of ether oxygens (including phenoxy) is 1. The van der Waals surface area contributed by atoms with E-state index in [9.17, 15) is 10.4 Å². The second kappa shape index (κ2) is 5.55. The Morgan fingerprint density at radius 1 is 1.47 bits per heavy atom. The lowest BCUT2D eigenvalue weighted by atomic mass is 9.94. The Balaban J connectivity index is 2.13. The van der Waals surface area contributed by atoms with Gasteiger partial charge in [-0.15, -0.1) is 0 Å². The minimum absolute atomic E-state index is 0.425. The maximum Gasteiger partial charge on any atom is 0.103 e. The van der Waals surface area contributed by atoms with E-state index in [-0.39, 0.29) is 0 Å². The van der Waals surface area contributed by atoms with Gasteiger partial charge in [-0.2, -0.15) is 5.26 Å². The Morgan fingerprint density at radius 3 is 2.79 bits per heavy atom. The Morgan fingerprint density at radius 2 is 2.16 bits per heavy atom. The molecule has 5 heteroatoms. The van der Waals surface area contributed by atoms with Crippen LogP contribution in [-0.4, -0.2) is 35.5 Å². The second-order valence-corrected chi connectivity index (χ2v) is 5.07. The van der Waals surface area contributed by atoms with Gasteiger partial charge < -0.3 is 15.2 Å². The van der Waals surface area contributed by atoms with Crippen LogP contribution in [0.2, 0.25) is 0 Å². The summed E-state index contributed by atoms with van der Waals surface area (Å²) in [5.41, 5.74) is 2.10. The monoisotopic (exact) mass is 261 g/mol. The number of aromatic nitrogens is 1. The summed E-state index contributed by atoms with van der Waals surface area (Å²) in [6, 6.07) is 4.00. The van der Waals surface area contributed by atoms with E-state index < -0.39 is 5.60 Å². The standard InChI is InChI=1S/C14H19N3O2/c1-10-7-13(12(8-15)11(2)17-10)16-9-14(18)3-5-19-6-4-14/h7,18H,3-6,9H2,1-2H3,(H,16,17). The van der Waals surface area contributed by atoms with Gasteiger partial charge in [0.1, 0.15) is 6.07 Å². The first-order chi connectivity index (χ1) is 9.04. The highest BCUT2D eigenvalue weighted by Gasteiger charge is 2.29. The fourth-order valence-electron chi connectivity index (χ4n) is 2.30. The van der Waals surface area contributed by atoms with Crippen molar-refractivity contribution in [2.75, 3.05) is 25.1 Å². The van der Waals surface area contributed by atoms with Gasteiger partial charge in [-0.1, -0.05) is 0 Å². The molecule has 1 aliphatic heterocycles. The third-order valence-electron chi connectivity index (χ3n) is 3.47. The highest BCUT2D eigenvalue weighted by atomic mass is 16.5. The number of nitrogens with one attached hydrogen (secondary N) is 1. The molecular formula is C14H19N3O2. The summed E-state index contributed by atoms with van der Waals surface area (Å²) in [6.07, 6.45) is 1.23. The molecule has 1 aliphatic rings. The van der Waals surface area contributed by atoms with E-state index in [0.717, 1.165) is 11.4 Å². The first-order valence-corrected chi connectivity index (χ1v) is 6.46. The molecule has 0 unspecified atom stereocenters. The van der Waals surface area contributed by atoms with E-state index in [1.807, 2.05) is 19.9 Å². The normalized spacial score (nSPS) is 17.8. The van der Waals surface area contributed by atoms with Crippen LogP contribution in [0.25, 0.3) is 0 Å². The lowest BCUT2D eigenvalue weighted by molar-refractivity contribution is -0.0543. The van der Waals surface area contributed by atoms with Crippen molar-refractivity contribution < 1.29 is 9.84 Å². The van der Waals surface area contributed by atoms with Gasteiger partial charge in [-0.05, 0) is 19.9 Å². The number of hydrogen-bond donors (Lipinski definition) is 2. The number of aliphatic hydroxyl groups is 1. The van der Waals surface area contributed by atoms with Crippen LogP contribution < -0.4 is 5.32 Å². The molecule has 0 atom stereocenters. The number of rotatable bonds is 3. The van der Waals surface area contributed by atoms with Gasteiger partial charge in [0.2, 0.25) is 0 Å². The molecule has 0 aromatic carbocycles. The summed E-state index contributed by atoms with van der Waals surface area (Å²) < 4.78 is 5.25. The molecule has 2 N–H and O–H groups in total. The van der Waals surface area contributed by atoms with Gasteiger partial charge in [0, 0.05) is 38.3 Å². The molecule has 19 heavy (non-hydrogen) atoms. The van der Waals surface area contributed by atoms with E-state index in [1.54, 1.807) is 0 Å². The fourth-order valence-corrected chi connectivity index (χ4v) is 2.30. The molecule has 0 amide bonds. The van der Waals surface area contributed by atoms with Crippen molar-refractivity contribution in [3.05, 3.63) is 23.0 Å². The average molecular weight is 261 g/mol. The van der Waals surface area contributed by atoms with Gasteiger partial charge in [0.25, 0.3) is 0 Å². The lowest BCUT2D eigenvalue weighted by Gasteiger charge is -2.32. The number of aryl methyl sites for hydroxylation is 2. The van der Waals surface area contributed by atoms with Crippen molar-refractivity contribution in [3.8, 4) is 6.07 Å². The SMILES string of the molecule is Cc1cc(NCC2(O)CCOCC2)c(C#N)c(C)n1. The Labute approximate surface area is 113 Å². The minimum atomic E-state index is -0.754. The van der Waals surface area contributed by atoms with Crippen molar-refractivity contribution in [1.82, 2.24) is 4.98 Å². The van der Waals surface area contributed by atoms with Crippen LogP contribution >= 0.6 is 0 Å². The topological polar surface area (TPSA) is 78.2 Å². The molecule has 1 aromatic rings. The molecule has 0 saturated carbocycles. The number of nitrogens with zero attached hydrogens (tertiary/aromatic N) is 2. The predicted molar refractivity (Wildman–Crippen MR) is 71.9 cm³/mol. The van der Waals surface area contributed by atoms with Crippen molar-refractivity contribution in [2.24, 2.45) is 0 Å². The summed E-state index contributed by atoms with van der Waals surface area (Å²) in [4.78, 5) is 4.27. The van der Waals surface area contributed by atoms with Crippen LogP contribution in [0.1, 0.15) is 29.8 Å². The van der Waals surface area contributed by atoms with E-state index in [4.69, 9.17) is 4.74 Å². The minimum Gasteiger partial charge on any atom is -0.388 e. The van der Waals surface area contributed by atoms with E-state index >= 15 is 0 Å².